The predicted octanol–water partition coefficient (Wildman–Crippen LogP) is 2.08. The average Bonchev–Trinajstić information content (AvgIpc) is 2.32. The first-order valence-electron chi connectivity index (χ1n) is 3.44. The molecule has 1 heterocycles. The van der Waals surface area contributed by atoms with Gasteiger partial charge in [0.15, 0.2) is 0 Å². The van der Waals surface area contributed by atoms with Gasteiger partial charge in [0, 0.05) is 3.57 Å². The van der Waals surface area contributed by atoms with E-state index in [1.807, 2.05) is 22.6 Å². The zero-order valence-electron chi connectivity index (χ0n) is 6.23. The minimum Gasteiger partial charge on any atom is -0.317 e. The van der Waals surface area contributed by atoms with Gasteiger partial charge in [-0.25, -0.2) is 0 Å². The summed E-state index contributed by atoms with van der Waals surface area (Å²) in [5.74, 6) is -1.13. The van der Waals surface area contributed by atoms with Crippen LogP contribution in [-0.4, -0.2) is 11.7 Å². The highest BCUT2D eigenvalue weighted by Crippen LogP contribution is 2.32. The van der Waals surface area contributed by atoms with Crippen molar-refractivity contribution in [2.45, 2.75) is 0 Å². The Morgan fingerprint density at radius 3 is 2.69 bits per heavy atom. The molecule has 1 amide bonds. The standard InChI is InChI=1S/C8H3ClINO2/c9-5-2-3(10)1-4-6(5)11-8(13)7(4)12/h1-2H,(H,11,12,13). The molecular formula is C8H3ClINO2. The number of amides is 1. The predicted molar refractivity (Wildman–Crippen MR) is 57.1 cm³/mol. The number of fused-ring (bicyclic) bond motifs is 1. The zero-order valence-corrected chi connectivity index (χ0v) is 9.14. The Balaban J connectivity index is 2.70. The van der Waals surface area contributed by atoms with E-state index in [2.05, 4.69) is 5.32 Å². The van der Waals surface area contributed by atoms with Gasteiger partial charge in [-0.05, 0) is 34.7 Å². The van der Waals surface area contributed by atoms with Gasteiger partial charge in [0.25, 0.3) is 11.7 Å². The van der Waals surface area contributed by atoms with E-state index in [9.17, 15) is 9.59 Å². The van der Waals surface area contributed by atoms with E-state index in [-0.39, 0.29) is 0 Å². The van der Waals surface area contributed by atoms with Crippen LogP contribution in [0, 0.1) is 3.57 Å². The molecule has 0 bridgehead atoms. The van der Waals surface area contributed by atoms with Crippen LogP contribution < -0.4 is 5.32 Å². The van der Waals surface area contributed by atoms with Crippen molar-refractivity contribution in [1.29, 1.82) is 0 Å². The Kier molecular flexibility index (Phi) is 2.03. The lowest BCUT2D eigenvalue weighted by Gasteiger charge is -2.00. The summed E-state index contributed by atoms with van der Waals surface area (Å²) >= 11 is 7.87. The maximum Gasteiger partial charge on any atom is 0.296 e. The highest BCUT2D eigenvalue weighted by Gasteiger charge is 2.29. The number of halogens is 2. The molecule has 1 aromatic rings. The highest BCUT2D eigenvalue weighted by molar-refractivity contribution is 14.1. The topological polar surface area (TPSA) is 46.2 Å². The van der Waals surface area contributed by atoms with E-state index >= 15 is 0 Å². The molecule has 1 aromatic carbocycles. The number of rotatable bonds is 0. The molecule has 0 spiro atoms. The Bertz CT molecular complexity index is 430. The molecular weight excluding hydrogens is 304 g/mol. The van der Waals surface area contributed by atoms with Gasteiger partial charge in [0.2, 0.25) is 0 Å². The van der Waals surface area contributed by atoms with Gasteiger partial charge in [-0.2, -0.15) is 0 Å². The molecule has 1 aliphatic rings. The van der Waals surface area contributed by atoms with Crippen molar-refractivity contribution in [3.05, 3.63) is 26.3 Å². The quantitative estimate of drug-likeness (QED) is 0.589. The summed E-state index contributed by atoms with van der Waals surface area (Å²) in [6.45, 7) is 0. The molecule has 0 fully saturated rings. The van der Waals surface area contributed by atoms with Gasteiger partial charge in [0.1, 0.15) is 0 Å². The fourth-order valence-electron chi connectivity index (χ4n) is 1.17. The van der Waals surface area contributed by atoms with Crippen molar-refractivity contribution in [1.82, 2.24) is 0 Å². The first kappa shape index (κ1) is 8.96. The maximum absolute atomic E-state index is 11.2. The van der Waals surface area contributed by atoms with E-state index in [1.165, 1.54) is 0 Å². The minimum atomic E-state index is -0.612. The van der Waals surface area contributed by atoms with Gasteiger partial charge in [-0.1, -0.05) is 11.6 Å². The van der Waals surface area contributed by atoms with Crippen LogP contribution in [0.3, 0.4) is 0 Å². The molecule has 0 unspecified atom stereocenters. The molecule has 0 radical (unpaired) electrons. The summed E-state index contributed by atoms with van der Waals surface area (Å²) in [4.78, 5) is 22.2. The Hall–Kier alpha value is -0.620. The normalized spacial score (nSPS) is 14.3. The van der Waals surface area contributed by atoms with E-state index in [0.717, 1.165) is 3.57 Å². The number of hydrogen-bond acceptors (Lipinski definition) is 2. The third-order valence-electron chi connectivity index (χ3n) is 1.74. The Morgan fingerprint density at radius 1 is 1.31 bits per heavy atom. The van der Waals surface area contributed by atoms with Crippen LogP contribution in [0.1, 0.15) is 10.4 Å². The third-order valence-corrected chi connectivity index (χ3v) is 2.67. The van der Waals surface area contributed by atoms with Crippen molar-refractivity contribution in [2.24, 2.45) is 0 Å². The lowest BCUT2D eigenvalue weighted by molar-refractivity contribution is -0.112. The molecule has 0 saturated heterocycles. The number of carbonyl (C=O) groups excluding carboxylic acids is 2. The second-order valence-corrected chi connectivity index (χ2v) is 4.25. The van der Waals surface area contributed by atoms with Crippen LogP contribution in [0.2, 0.25) is 5.02 Å². The van der Waals surface area contributed by atoms with Gasteiger partial charge in [0.05, 0.1) is 16.3 Å². The minimum absolute atomic E-state index is 0.363. The van der Waals surface area contributed by atoms with E-state index in [4.69, 9.17) is 11.6 Å². The van der Waals surface area contributed by atoms with Crippen LogP contribution in [0.4, 0.5) is 5.69 Å². The summed E-state index contributed by atoms with van der Waals surface area (Å²) in [5, 5.41) is 2.82. The summed E-state index contributed by atoms with van der Waals surface area (Å²) in [7, 11) is 0. The van der Waals surface area contributed by atoms with Gasteiger partial charge >= 0.3 is 0 Å². The molecule has 0 saturated carbocycles. The van der Waals surface area contributed by atoms with Gasteiger partial charge in [-0.15, -0.1) is 0 Å². The van der Waals surface area contributed by atoms with E-state index < -0.39 is 11.7 Å². The van der Waals surface area contributed by atoms with Gasteiger partial charge in [-0.3, -0.25) is 9.59 Å². The van der Waals surface area contributed by atoms with Crippen molar-refractivity contribution in [3.63, 3.8) is 0 Å². The molecule has 1 aliphatic heterocycles. The molecule has 0 atom stereocenters. The van der Waals surface area contributed by atoms with Crippen molar-refractivity contribution >= 4 is 51.6 Å². The maximum atomic E-state index is 11.2. The van der Waals surface area contributed by atoms with Crippen LogP contribution in [0.15, 0.2) is 12.1 Å². The third kappa shape index (κ3) is 1.34. The second kappa shape index (κ2) is 2.95. The molecule has 13 heavy (non-hydrogen) atoms. The van der Waals surface area contributed by atoms with Gasteiger partial charge < -0.3 is 5.32 Å². The molecule has 5 heteroatoms. The summed E-state index contributed by atoms with van der Waals surface area (Å²) in [6, 6.07) is 3.34. The highest BCUT2D eigenvalue weighted by atomic mass is 127. The van der Waals surface area contributed by atoms with Crippen LogP contribution >= 0.6 is 34.2 Å². The summed E-state index contributed by atoms with van der Waals surface area (Å²) in [6.07, 6.45) is 0. The largest absolute Gasteiger partial charge is 0.317 e. The lowest BCUT2D eigenvalue weighted by atomic mass is 10.1. The van der Waals surface area contributed by atoms with E-state index in [1.54, 1.807) is 12.1 Å². The van der Waals surface area contributed by atoms with Crippen LogP contribution in [0.5, 0.6) is 0 Å². The van der Waals surface area contributed by atoms with Crippen molar-refractivity contribution in [3.8, 4) is 0 Å². The second-order valence-electron chi connectivity index (χ2n) is 2.59. The Morgan fingerprint density at radius 2 is 2.00 bits per heavy atom. The molecule has 1 N–H and O–H groups in total. The fraction of sp³-hybridized carbons (Fsp3) is 0. The van der Waals surface area contributed by atoms with E-state index in [0.29, 0.717) is 16.3 Å². The number of benzene rings is 1. The average molecular weight is 307 g/mol. The SMILES string of the molecule is O=C1Nc2c(Cl)cc(I)cc2C1=O. The van der Waals surface area contributed by atoms with Crippen molar-refractivity contribution in [2.75, 3.05) is 5.32 Å². The molecule has 0 aliphatic carbocycles. The lowest BCUT2D eigenvalue weighted by Crippen LogP contribution is -2.12. The zero-order chi connectivity index (χ0) is 9.59. The van der Waals surface area contributed by atoms with Crippen LogP contribution in [0.25, 0.3) is 0 Å². The number of carbonyl (C=O) groups is 2. The molecule has 0 aromatic heterocycles. The number of ketones is 1. The van der Waals surface area contributed by atoms with Crippen LogP contribution in [-0.2, 0) is 4.79 Å². The first-order valence-corrected chi connectivity index (χ1v) is 4.90. The molecule has 2 rings (SSSR count). The summed E-state index contributed by atoms with van der Waals surface area (Å²) in [5.41, 5.74) is 0.791. The number of hydrogen-bond donors (Lipinski definition) is 1. The smallest absolute Gasteiger partial charge is 0.296 e. The first-order chi connectivity index (χ1) is 6.09. The monoisotopic (exact) mass is 307 g/mol. The number of Topliss-reactive ketones (excluding diaryl/α,β-unsaturated/α-hetero) is 1. The number of anilines is 1. The molecule has 3 nitrogen and oxygen atoms in total. The Labute approximate surface area is 92.6 Å². The number of nitrogens with one attached hydrogen (secondary N) is 1. The fourth-order valence-corrected chi connectivity index (χ4v) is 2.25. The summed E-state index contributed by atoms with van der Waals surface area (Å²) < 4.78 is 0.839. The van der Waals surface area contributed by atoms with Crippen molar-refractivity contribution < 1.29 is 9.59 Å². The molecule has 66 valence electrons.